The Morgan fingerprint density at radius 2 is 2.15 bits per heavy atom. The molecule has 1 rings (SSSR count). The van der Waals surface area contributed by atoms with Crippen LogP contribution in [0.2, 0.25) is 0 Å². The summed E-state index contributed by atoms with van der Waals surface area (Å²) < 4.78 is 1.56. The fraction of sp³-hybridized carbons (Fsp3) is 0.800. The molecule has 0 saturated carbocycles. The number of piperidine rings is 1. The van der Waals surface area contributed by atoms with E-state index in [1.807, 2.05) is 0 Å². The Morgan fingerprint density at radius 1 is 1.54 bits per heavy atom. The molecule has 1 amide bonds. The first-order valence-corrected chi connectivity index (χ1v) is 4.80. The molecular weight excluding hydrogens is 164 g/mol. The van der Waals surface area contributed by atoms with E-state index in [0.717, 1.165) is 19.4 Å². The second-order valence-electron chi connectivity index (χ2n) is 4.69. The lowest BCUT2D eigenvalue weighted by Gasteiger charge is -2.27. The van der Waals surface area contributed by atoms with Crippen molar-refractivity contribution in [2.45, 2.75) is 45.2 Å². The first kappa shape index (κ1) is 10.4. The van der Waals surface area contributed by atoms with E-state index < -0.39 is 0 Å². The topological polar surface area (TPSA) is 32.1 Å². The molecule has 1 saturated heterocycles. The quantitative estimate of drug-likeness (QED) is 0.609. The monoisotopic (exact) mass is 183 g/mol. The van der Waals surface area contributed by atoms with Crippen molar-refractivity contribution in [3.05, 3.63) is 0 Å². The number of hydrogen-bond acceptors (Lipinski definition) is 2. The predicted octanol–water partition coefficient (Wildman–Crippen LogP) is 0.777. The second kappa shape index (κ2) is 3.58. The van der Waals surface area contributed by atoms with E-state index in [2.05, 4.69) is 32.8 Å². The van der Waals surface area contributed by atoms with Gasteiger partial charge in [0.25, 0.3) is 0 Å². The summed E-state index contributed by atoms with van der Waals surface area (Å²) in [5, 5.41) is 3.31. The molecule has 0 aromatic carbocycles. The Hall–Kier alpha value is -0.700. The van der Waals surface area contributed by atoms with Gasteiger partial charge in [-0.2, -0.15) is 4.58 Å². The number of nitrogens with zero attached hydrogens (tertiary/aromatic N) is 1. The summed E-state index contributed by atoms with van der Waals surface area (Å²) in [5.41, 5.74) is -0.00148. The minimum absolute atomic E-state index is 0.00148. The maximum atomic E-state index is 11.6. The predicted molar refractivity (Wildman–Crippen MR) is 53.2 cm³/mol. The molecule has 1 unspecified atom stereocenters. The zero-order valence-corrected chi connectivity index (χ0v) is 8.76. The van der Waals surface area contributed by atoms with Crippen molar-refractivity contribution in [3.63, 3.8) is 0 Å². The average Bonchev–Trinajstić information content (AvgIpc) is 1.96. The van der Waals surface area contributed by atoms with Gasteiger partial charge in [0.2, 0.25) is 0 Å². The summed E-state index contributed by atoms with van der Waals surface area (Å²) in [4.78, 5) is 11.6. The molecule has 1 aliphatic heterocycles. The van der Waals surface area contributed by atoms with Gasteiger partial charge in [0, 0.05) is 12.0 Å². The van der Waals surface area contributed by atoms with Crippen LogP contribution in [0, 0.1) is 0 Å². The van der Waals surface area contributed by atoms with E-state index in [-0.39, 0.29) is 17.5 Å². The molecule has 3 heteroatoms. The van der Waals surface area contributed by atoms with E-state index in [4.69, 9.17) is 0 Å². The first-order chi connectivity index (χ1) is 5.90. The van der Waals surface area contributed by atoms with Crippen molar-refractivity contribution in [2.24, 2.45) is 0 Å². The standard InChI is InChI=1S/C10H19N2O/c1-10(2,3)11-8-6-5-7-12(4)9(8)13/h8,11H,4-7H2,1-3H3/q+1. The van der Waals surface area contributed by atoms with Crippen molar-refractivity contribution in [3.8, 4) is 0 Å². The molecular formula is C10H19N2O+. The lowest BCUT2D eigenvalue weighted by atomic mass is 10.0. The van der Waals surface area contributed by atoms with Crippen LogP contribution < -0.4 is 5.32 Å². The minimum atomic E-state index is -0.0359. The largest absolute Gasteiger partial charge is 0.403 e. The van der Waals surface area contributed by atoms with Crippen molar-refractivity contribution < 1.29 is 9.37 Å². The summed E-state index contributed by atoms with van der Waals surface area (Å²) in [6.45, 7) is 10.7. The zero-order chi connectivity index (χ0) is 10.1. The second-order valence-corrected chi connectivity index (χ2v) is 4.69. The van der Waals surface area contributed by atoms with E-state index in [0.29, 0.717) is 0 Å². The molecule has 0 bridgehead atoms. The Bertz CT molecular complexity index is 228. The van der Waals surface area contributed by atoms with Gasteiger partial charge in [-0.25, -0.2) is 4.79 Å². The summed E-state index contributed by atoms with van der Waals surface area (Å²) in [6, 6.07) is -0.0359. The van der Waals surface area contributed by atoms with Crippen LogP contribution in [0.4, 0.5) is 0 Å². The van der Waals surface area contributed by atoms with Crippen molar-refractivity contribution >= 4 is 12.6 Å². The van der Waals surface area contributed by atoms with E-state index in [1.54, 1.807) is 4.58 Å². The summed E-state index contributed by atoms with van der Waals surface area (Å²) in [5.74, 6) is 0.126. The first-order valence-electron chi connectivity index (χ1n) is 4.80. The number of rotatable bonds is 1. The van der Waals surface area contributed by atoms with Crippen LogP contribution in [0.3, 0.4) is 0 Å². The highest BCUT2D eigenvalue weighted by Crippen LogP contribution is 2.11. The van der Waals surface area contributed by atoms with E-state index in [9.17, 15) is 4.79 Å². The molecule has 74 valence electrons. The third-order valence-electron chi connectivity index (χ3n) is 2.14. The number of carbonyl (C=O) groups is 1. The van der Waals surface area contributed by atoms with Gasteiger partial charge in [-0.15, -0.1) is 0 Å². The van der Waals surface area contributed by atoms with Gasteiger partial charge >= 0.3 is 5.91 Å². The molecule has 13 heavy (non-hydrogen) atoms. The molecule has 0 aliphatic carbocycles. The smallest absolute Gasteiger partial charge is 0.297 e. The maximum absolute atomic E-state index is 11.6. The molecule has 0 radical (unpaired) electrons. The summed E-state index contributed by atoms with van der Waals surface area (Å²) in [7, 11) is 0. The maximum Gasteiger partial charge on any atom is 0.403 e. The highest BCUT2D eigenvalue weighted by Gasteiger charge is 2.34. The van der Waals surface area contributed by atoms with Gasteiger partial charge < -0.3 is 0 Å². The molecule has 1 fully saturated rings. The van der Waals surface area contributed by atoms with Gasteiger partial charge in [0.15, 0.2) is 6.54 Å². The third-order valence-corrected chi connectivity index (χ3v) is 2.14. The van der Waals surface area contributed by atoms with Crippen molar-refractivity contribution in [1.82, 2.24) is 5.32 Å². The van der Waals surface area contributed by atoms with Gasteiger partial charge in [-0.3, -0.25) is 5.32 Å². The molecule has 0 aromatic rings. The average molecular weight is 183 g/mol. The van der Waals surface area contributed by atoms with Gasteiger partial charge in [-0.1, -0.05) is 0 Å². The van der Waals surface area contributed by atoms with Crippen LogP contribution in [0.25, 0.3) is 0 Å². The molecule has 0 aromatic heterocycles. The van der Waals surface area contributed by atoms with E-state index in [1.165, 1.54) is 0 Å². The van der Waals surface area contributed by atoms with Gasteiger partial charge in [-0.05, 0) is 27.2 Å². The highest BCUT2D eigenvalue weighted by molar-refractivity contribution is 5.75. The molecule has 3 nitrogen and oxygen atoms in total. The molecule has 0 spiro atoms. The number of amides is 1. The van der Waals surface area contributed by atoms with Gasteiger partial charge in [0.1, 0.15) is 12.8 Å². The molecule has 1 N–H and O–H groups in total. The normalized spacial score (nSPS) is 25.0. The lowest BCUT2D eigenvalue weighted by Crippen LogP contribution is -2.52. The molecule has 1 atom stereocenters. The van der Waals surface area contributed by atoms with Crippen LogP contribution in [0.15, 0.2) is 0 Å². The fourth-order valence-electron chi connectivity index (χ4n) is 1.60. The summed E-state index contributed by atoms with van der Waals surface area (Å²) >= 11 is 0. The third kappa shape index (κ3) is 2.92. The Morgan fingerprint density at radius 3 is 2.69 bits per heavy atom. The fourth-order valence-corrected chi connectivity index (χ4v) is 1.60. The minimum Gasteiger partial charge on any atom is -0.297 e. The van der Waals surface area contributed by atoms with Crippen molar-refractivity contribution in [1.29, 1.82) is 0 Å². The lowest BCUT2D eigenvalue weighted by molar-refractivity contribution is -0.451. The van der Waals surface area contributed by atoms with Gasteiger partial charge in [0.05, 0.1) is 0 Å². The Labute approximate surface area is 79.8 Å². The SMILES string of the molecule is C=[N+]1CCCC(NC(C)(C)C)C1=O. The van der Waals surface area contributed by atoms with Crippen LogP contribution in [0.5, 0.6) is 0 Å². The summed E-state index contributed by atoms with van der Waals surface area (Å²) in [6.07, 6.45) is 1.98. The Balaban J connectivity index is 2.59. The number of nitrogens with one attached hydrogen (secondary N) is 1. The van der Waals surface area contributed by atoms with Crippen molar-refractivity contribution in [2.75, 3.05) is 6.54 Å². The van der Waals surface area contributed by atoms with E-state index >= 15 is 0 Å². The molecule has 1 heterocycles. The zero-order valence-electron chi connectivity index (χ0n) is 8.76. The van der Waals surface area contributed by atoms with Crippen LogP contribution in [0.1, 0.15) is 33.6 Å². The number of carbonyl (C=O) groups excluding carboxylic acids is 1. The Kier molecular flexibility index (Phi) is 2.86. The van der Waals surface area contributed by atoms with Crippen LogP contribution >= 0.6 is 0 Å². The van der Waals surface area contributed by atoms with Crippen LogP contribution in [-0.4, -0.2) is 35.3 Å². The van der Waals surface area contributed by atoms with Crippen LogP contribution in [-0.2, 0) is 4.79 Å². The highest BCUT2D eigenvalue weighted by atomic mass is 16.2. The molecule has 1 aliphatic rings. The number of hydrogen-bond donors (Lipinski definition) is 1.